The van der Waals surface area contributed by atoms with E-state index in [1.165, 1.54) is 23.5 Å². The predicted molar refractivity (Wildman–Crippen MR) is 140 cm³/mol. The van der Waals surface area contributed by atoms with Gasteiger partial charge in [0.25, 0.3) is 0 Å². The van der Waals surface area contributed by atoms with E-state index in [0.29, 0.717) is 11.2 Å². The van der Waals surface area contributed by atoms with Crippen molar-refractivity contribution in [2.45, 2.75) is 56.1 Å². The number of aliphatic hydroxyl groups is 1. The van der Waals surface area contributed by atoms with Crippen LogP contribution in [0, 0.1) is 6.92 Å². The first-order valence-corrected chi connectivity index (χ1v) is 15.9. The number of hydrogen-bond acceptors (Lipinski definition) is 16. The fraction of sp³-hybridized carbons (Fsp3) is 0.524. The van der Waals surface area contributed by atoms with Crippen LogP contribution < -0.4 is 5.73 Å². The lowest BCUT2D eigenvalue weighted by molar-refractivity contribution is -0.0671. The largest absolute Gasteiger partial charge is 0.472 e. The Labute approximate surface area is 245 Å². The lowest BCUT2D eigenvalue weighted by Crippen LogP contribution is -2.35. The number of alkyl halides is 1. The summed E-state index contributed by atoms with van der Waals surface area (Å²) in [7, 11) is -10.1. The van der Waals surface area contributed by atoms with Crippen LogP contribution in [0.1, 0.15) is 18.1 Å². The van der Waals surface area contributed by atoms with E-state index in [4.69, 9.17) is 33.3 Å². The van der Waals surface area contributed by atoms with Crippen molar-refractivity contribution in [1.29, 1.82) is 0 Å². The summed E-state index contributed by atoms with van der Waals surface area (Å²) in [5, 5.41) is 11.0. The molecular weight excluding hydrogens is 635 g/mol. The zero-order chi connectivity index (χ0) is 31.0. The Morgan fingerprint density at radius 3 is 2.14 bits per heavy atom. The van der Waals surface area contributed by atoms with Gasteiger partial charge >= 0.3 is 15.6 Å². The first kappa shape index (κ1) is 29.6. The maximum absolute atomic E-state index is 15.9. The molecule has 7 rings (SSSR count). The van der Waals surface area contributed by atoms with E-state index >= 15 is 4.39 Å². The number of aliphatic hydroxyl groups excluding tert-OH is 1. The fourth-order valence-electron chi connectivity index (χ4n) is 5.29. The molecule has 0 amide bonds. The number of aromatic nitrogens is 8. The minimum Gasteiger partial charge on any atom is -0.387 e. The van der Waals surface area contributed by atoms with Gasteiger partial charge in [-0.1, -0.05) is 0 Å². The number of ether oxygens (including phenoxy) is 2. The third-order valence-electron chi connectivity index (χ3n) is 7.37. The minimum absolute atomic E-state index is 0.0135. The standard InChI is InChI=1S/C21H24FN9O11P2/c1-8-12-18(26-4-24-8)31(6-28-12)21-16-14(32)9(39-21)2-37-43(33,34)41-15-10(3-38-44(35,36)42-16)40-20(11(15)22)30-7-29-13-17(23)25-5-27-19(13)30/h4-7,9-11,14-16,20-21,32H,2-3H2,1H3,(H,33,34)(H,35,36)(H2,23,25,27)/t9-,10-,11?,14?,15-,16-,20-,21-/m1/s1. The minimum atomic E-state index is -5.08. The molecule has 0 aliphatic carbocycles. The number of anilines is 1. The van der Waals surface area contributed by atoms with Gasteiger partial charge in [0, 0.05) is 0 Å². The number of nitrogens with zero attached hydrogens (tertiary/aromatic N) is 8. The average molecular weight is 659 g/mol. The van der Waals surface area contributed by atoms with Crippen LogP contribution in [0.3, 0.4) is 0 Å². The third-order valence-corrected chi connectivity index (χ3v) is 9.34. The topological polar surface area (TPSA) is 263 Å². The number of phosphoric acid groups is 2. The average Bonchev–Trinajstić information content (AvgIpc) is 3.73. The zero-order valence-electron chi connectivity index (χ0n) is 22.4. The normalized spacial score (nSPS) is 38.3. The molecular formula is C21H24FN9O11P2. The van der Waals surface area contributed by atoms with Crippen LogP contribution in [-0.2, 0) is 36.7 Å². The van der Waals surface area contributed by atoms with Crippen molar-refractivity contribution >= 4 is 43.8 Å². The Hall–Kier alpha value is -3.07. The fourth-order valence-corrected chi connectivity index (χ4v) is 7.18. The van der Waals surface area contributed by atoms with E-state index in [1.54, 1.807) is 6.92 Å². The Kier molecular flexibility index (Phi) is 7.26. The number of imidazole rings is 2. The molecule has 5 N–H and O–H groups in total. The molecule has 0 saturated carbocycles. The van der Waals surface area contributed by atoms with Crippen molar-refractivity contribution in [3.05, 3.63) is 31.0 Å². The number of nitrogen functional groups attached to an aromatic ring is 1. The van der Waals surface area contributed by atoms with Gasteiger partial charge in [-0.3, -0.25) is 27.2 Å². The molecule has 4 aromatic heterocycles. The summed E-state index contributed by atoms with van der Waals surface area (Å²) in [6.45, 7) is 0.0491. The van der Waals surface area contributed by atoms with Crippen LogP contribution in [0.4, 0.5) is 10.2 Å². The van der Waals surface area contributed by atoms with Crippen molar-refractivity contribution in [2.24, 2.45) is 0 Å². The van der Waals surface area contributed by atoms with Crippen LogP contribution >= 0.6 is 15.6 Å². The van der Waals surface area contributed by atoms with Crippen LogP contribution in [0.15, 0.2) is 25.3 Å². The van der Waals surface area contributed by atoms with Crippen LogP contribution in [0.2, 0.25) is 0 Å². The van der Waals surface area contributed by atoms with Gasteiger partial charge in [-0.25, -0.2) is 43.4 Å². The highest BCUT2D eigenvalue weighted by Crippen LogP contribution is 2.54. The molecule has 3 aliphatic rings. The first-order chi connectivity index (χ1) is 20.9. The summed E-state index contributed by atoms with van der Waals surface area (Å²) in [5.74, 6) is 0.0135. The van der Waals surface area contributed by atoms with Gasteiger partial charge in [-0.05, 0) is 6.92 Å². The summed E-state index contributed by atoms with van der Waals surface area (Å²) in [5.41, 5.74) is 7.19. The highest BCUT2D eigenvalue weighted by atomic mass is 31.2. The summed E-state index contributed by atoms with van der Waals surface area (Å²) in [6, 6.07) is 0. The van der Waals surface area contributed by atoms with Crippen molar-refractivity contribution < 1.29 is 56.0 Å². The Morgan fingerprint density at radius 1 is 0.841 bits per heavy atom. The molecule has 23 heteroatoms. The van der Waals surface area contributed by atoms with Crippen LogP contribution in [0.5, 0.6) is 0 Å². The van der Waals surface area contributed by atoms with E-state index in [9.17, 15) is 24.0 Å². The molecule has 3 aliphatic heterocycles. The van der Waals surface area contributed by atoms with Gasteiger partial charge in [0.2, 0.25) is 0 Å². The molecule has 20 nitrogen and oxygen atoms in total. The number of halogens is 1. The molecule has 0 spiro atoms. The number of rotatable bonds is 2. The molecule has 3 saturated heterocycles. The van der Waals surface area contributed by atoms with Gasteiger partial charge in [-0.2, -0.15) is 0 Å². The Balaban J connectivity index is 1.20. The van der Waals surface area contributed by atoms with E-state index in [2.05, 4.69) is 29.9 Å². The third kappa shape index (κ3) is 5.09. The molecule has 4 aromatic rings. The number of nitrogens with two attached hydrogens (primary N) is 1. The highest BCUT2D eigenvalue weighted by Gasteiger charge is 2.54. The molecule has 2 bridgehead atoms. The summed E-state index contributed by atoms with van der Waals surface area (Å²) in [4.78, 5) is 45.6. The van der Waals surface area contributed by atoms with Crippen molar-refractivity contribution in [2.75, 3.05) is 18.9 Å². The summed E-state index contributed by atoms with van der Waals surface area (Å²) < 4.78 is 76.9. The molecule has 3 fully saturated rings. The van der Waals surface area contributed by atoms with E-state index < -0.39 is 78.0 Å². The maximum Gasteiger partial charge on any atom is 0.472 e. The molecule has 7 heterocycles. The Bertz CT molecular complexity index is 1830. The van der Waals surface area contributed by atoms with Crippen molar-refractivity contribution in [3.63, 3.8) is 0 Å². The van der Waals surface area contributed by atoms with Crippen LogP contribution in [0.25, 0.3) is 22.3 Å². The van der Waals surface area contributed by atoms with E-state index in [1.807, 2.05) is 0 Å². The van der Waals surface area contributed by atoms with E-state index in [-0.39, 0.29) is 22.6 Å². The van der Waals surface area contributed by atoms with Crippen LogP contribution in [-0.4, -0.2) is 104 Å². The van der Waals surface area contributed by atoms with E-state index in [0.717, 1.165) is 10.9 Å². The van der Waals surface area contributed by atoms with Gasteiger partial charge in [0.1, 0.15) is 54.2 Å². The zero-order valence-corrected chi connectivity index (χ0v) is 24.2. The second-order valence-electron chi connectivity index (χ2n) is 10.1. The number of hydrogen-bond donors (Lipinski definition) is 4. The molecule has 0 aromatic carbocycles. The highest BCUT2D eigenvalue weighted by molar-refractivity contribution is 7.47. The Morgan fingerprint density at radius 2 is 1.41 bits per heavy atom. The second-order valence-corrected chi connectivity index (χ2v) is 12.9. The monoisotopic (exact) mass is 659 g/mol. The van der Waals surface area contributed by atoms with Crippen molar-refractivity contribution in [1.82, 2.24) is 39.0 Å². The summed E-state index contributed by atoms with van der Waals surface area (Å²) >= 11 is 0. The van der Waals surface area contributed by atoms with Gasteiger partial charge < -0.3 is 30.1 Å². The van der Waals surface area contributed by atoms with Crippen molar-refractivity contribution in [3.8, 4) is 0 Å². The SMILES string of the molecule is Cc1ncnc2c1ncn2[C@@H]1O[C@@H]2COP(=O)(O)O[C@H]3C(F)[C@H](n4cnc5c(N)ncnc54)O[C@@H]3COP(=O)(O)O[C@@H]1C2O. The molecule has 0 radical (unpaired) electrons. The maximum atomic E-state index is 15.9. The number of aryl methyl sites for hydroxylation is 1. The van der Waals surface area contributed by atoms with Gasteiger partial charge in [-0.15, -0.1) is 0 Å². The summed E-state index contributed by atoms with van der Waals surface area (Å²) in [6.07, 6.45) is -8.30. The first-order valence-electron chi connectivity index (χ1n) is 12.9. The molecule has 10 atom stereocenters. The quantitative estimate of drug-likeness (QED) is 0.207. The number of fused-ring (bicyclic) bond motifs is 5. The predicted octanol–water partition coefficient (Wildman–Crippen LogP) is 0.0686. The molecule has 4 unspecified atom stereocenters. The lowest BCUT2D eigenvalue weighted by atomic mass is 10.1. The smallest absolute Gasteiger partial charge is 0.387 e. The van der Waals surface area contributed by atoms with Gasteiger partial charge in [0.05, 0.1) is 31.6 Å². The molecule has 236 valence electrons. The van der Waals surface area contributed by atoms with Gasteiger partial charge in [0.15, 0.2) is 35.7 Å². The molecule has 44 heavy (non-hydrogen) atoms. The lowest BCUT2D eigenvalue weighted by Gasteiger charge is -2.25. The second kappa shape index (κ2) is 10.8. The number of phosphoric ester groups is 2.